The SMILES string of the molecule is CNC(=O)C[C@@H]1NC(=O)c2csc(n2)-c2ccc(-c3nc(N(CCOCC(=O)O)C(=O)OC4CCC(C(=O)O)CC4)cs3)nc2-c2csc(n2)-c2csc(n2)[C@H]([C@@H](O)c2ccccc2)NC(=O)CNC(=O)c2nc(sc2COC)C(C(C)C)CC(=O)c2nc1sc2C. The summed E-state index contributed by atoms with van der Waals surface area (Å²) in [6, 6.07) is 10.0. The number of carbonyl (C=O) groups is 8. The van der Waals surface area contributed by atoms with Crippen LogP contribution in [-0.4, -0.2) is 144 Å². The normalized spacial score (nSPS) is 18.5. The molecule has 10 rings (SSSR count). The molecular weight excluding hydrogens is 1310 g/mol. The number of thiazole rings is 6. The van der Waals surface area contributed by atoms with Crippen LogP contribution in [0.4, 0.5) is 10.6 Å². The maximum Gasteiger partial charge on any atom is 0.415 e. The van der Waals surface area contributed by atoms with Crippen LogP contribution >= 0.6 is 68.0 Å². The highest BCUT2D eigenvalue weighted by Gasteiger charge is 2.35. The Hall–Kier alpha value is -8.21. The summed E-state index contributed by atoms with van der Waals surface area (Å²) in [6.45, 7) is 4.13. The first-order valence-corrected chi connectivity index (χ1v) is 34.1. The number of methoxy groups -OCH3 is 1. The molecule has 26 nitrogen and oxygen atoms in total. The molecule has 1 fully saturated rings. The average molecular weight is 1370 g/mol. The zero-order valence-electron chi connectivity index (χ0n) is 50.0. The standard InChI is InChI=1S/C60H62N12O14S6/c1-28(2)34-19-40(73)46-29(3)91-57(70-46)36(20-43(74)61-4)64-51(79)38-25-87-53(66-38)33-15-16-35(55-68-42(27-90-55)72(17-18-85-23-45(76)77)60(83)86-32-13-11-31(12-14-32)59(81)82)63-47(33)37-24-88-56(65-37)39-26-89-58(67-39)49(50(78)30-9-7-6-8-10-30)69-44(75)21-62-52(80)48-41(22-84-5)92-54(34)71-48/h6-10,15-16,24-28,31-32,34,36,49-50,78H,11-14,17-23H2,1-5H3,(H,61,74)(H,62,80)(H,64,79)(H,69,75)(H,76,77)(H,81,82)/t31?,32?,34?,36-,49-,50-/m0/s1. The Morgan fingerprint density at radius 3 is 2.17 bits per heavy atom. The van der Waals surface area contributed by atoms with Crippen LogP contribution in [-0.2, 0) is 40.0 Å². The number of amides is 5. The summed E-state index contributed by atoms with van der Waals surface area (Å²) in [4.78, 5) is 143. The van der Waals surface area contributed by atoms with Crippen LogP contribution < -0.4 is 26.2 Å². The van der Waals surface area contributed by atoms with Crippen LogP contribution in [0.3, 0.4) is 0 Å². The molecule has 1 aliphatic carbocycles. The van der Waals surface area contributed by atoms with Crippen LogP contribution in [0.15, 0.2) is 64.0 Å². The lowest BCUT2D eigenvalue weighted by atomic mass is 9.87. The number of carbonyl (C=O) groups excluding carboxylic acids is 6. The van der Waals surface area contributed by atoms with Crippen molar-refractivity contribution in [3.05, 3.63) is 111 Å². The third-order valence-corrected chi connectivity index (χ3v) is 20.8. The van der Waals surface area contributed by atoms with E-state index in [9.17, 15) is 53.7 Å². The number of anilines is 1. The number of nitrogens with zero attached hydrogens (tertiary/aromatic N) is 8. The lowest BCUT2D eigenvalue weighted by molar-refractivity contribution is -0.143. The molecule has 0 spiro atoms. The Labute approximate surface area is 549 Å². The fourth-order valence-corrected chi connectivity index (χ4v) is 15.8. The van der Waals surface area contributed by atoms with E-state index in [1.807, 2.05) is 13.8 Å². The molecule has 32 heteroatoms. The highest BCUT2D eigenvalue weighted by Crippen LogP contribution is 2.41. The number of ketones is 1. The summed E-state index contributed by atoms with van der Waals surface area (Å²) >= 11 is 7.05. The number of aromatic nitrogens is 7. The van der Waals surface area contributed by atoms with Crippen molar-refractivity contribution in [2.45, 2.75) is 96.1 Å². The first-order chi connectivity index (χ1) is 44.2. The molecule has 7 aromatic heterocycles. The van der Waals surface area contributed by atoms with Gasteiger partial charge in [0.05, 0.1) is 60.3 Å². The van der Waals surface area contributed by atoms with Gasteiger partial charge in [-0.1, -0.05) is 44.2 Å². The van der Waals surface area contributed by atoms with Crippen LogP contribution in [0.25, 0.3) is 43.4 Å². The Morgan fingerprint density at radius 2 is 1.45 bits per heavy atom. The van der Waals surface area contributed by atoms with Gasteiger partial charge in [-0.15, -0.1) is 68.0 Å². The molecule has 482 valence electrons. The van der Waals surface area contributed by atoms with Crippen molar-refractivity contribution >= 4 is 121 Å². The quantitative estimate of drug-likeness (QED) is 0.0444. The number of aliphatic hydroxyl groups excluding tert-OH is 1. The zero-order valence-corrected chi connectivity index (χ0v) is 54.9. The Morgan fingerprint density at radius 1 is 0.739 bits per heavy atom. The number of pyridine rings is 1. The van der Waals surface area contributed by atoms with Crippen molar-refractivity contribution in [1.82, 2.24) is 56.2 Å². The molecule has 8 heterocycles. The number of rotatable bonds is 16. The Bertz CT molecular complexity index is 4020. The maximum absolute atomic E-state index is 14.4. The van der Waals surface area contributed by atoms with E-state index >= 15 is 0 Å². The number of aliphatic hydroxyl groups is 1. The van der Waals surface area contributed by atoms with Gasteiger partial charge in [0.25, 0.3) is 11.8 Å². The number of fused-ring (bicyclic) bond motifs is 14. The first-order valence-electron chi connectivity index (χ1n) is 28.9. The van der Waals surface area contributed by atoms with Crippen molar-refractivity contribution in [3.8, 4) is 43.4 Å². The molecule has 0 saturated heterocycles. The van der Waals surface area contributed by atoms with E-state index in [0.29, 0.717) is 99.4 Å². The Balaban J connectivity index is 1.03. The second-order valence-corrected chi connectivity index (χ2v) is 27.5. The predicted octanol–water partition coefficient (Wildman–Crippen LogP) is 8.89. The molecule has 1 unspecified atom stereocenters. The molecule has 5 amide bonds. The van der Waals surface area contributed by atoms with E-state index in [-0.39, 0.29) is 67.2 Å². The number of ether oxygens (including phenoxy) is 3. The van der Waals surface area contributed by atoms with Crippen molar-refractivity contribution < 1.29 is 67.9 Å². The first kappa shape index (κ1) is 66.7. The van der Waals surface area contributed by atoms with E-state index in [4.69, 9.17) is 49.1 Å². The van der Waals surface area contributed by atoms with Crippen molar-refractivity contribution in [1.29, 1.82) is 0 Å². The van der Waals surface area contributed by atoms with Crippen molar-refractivity contribution in [2.24, 2.45) is 11.8 Å². The second kappa shape index (κ2) is 30.0. The molecule has 1 aromatic carbocycles. The second-order valence-electron chi connectivity index (χ2n) is 21.7. The molecule has 1 saturated carbocycles. The van der Waals surface area contributed by atoms with Gasteiger partial charge in [-0.25, -0.2) is 44.5 Å². The predicted molar refractivity (Wildman–Crippen MR) is 344 cm³/mol. The number of aliphatic carboxylic acids is 2. The number of hydrogen-bond acceptors (Lipinski definition) is 25. The van der Waals surface area contributed by atoms with E-state index in [2.05, 4.69) is 21.3 Å². The minimum Gasteiger partial charge on any atom is -0.481 e. The average Bonchev–Trinajstić information content (AvgIpc) is 1.62. The molecule has 8 aromatic rings. The minimum atomic E-state index is -1.31. The number of nitrogens with one attached hydrogen (secondary N) is 4. The molecule has 10 bridgehead atoms. The monoisotopic (exact) mass is 1370 g/mol. The van der Waals surface area contributed by atoms with Gasteiger partial charge in [-0.05, 0) is 56.2 Å². The number of Topliss-reactive ketones (excluding diaryl/α,β-unsaturated/α-hetero) is 1. The van der Waals surface area contributed by atoms with Gasteiger partial charge in [-0.3, -0.25) is 33.7 Å². The van der Waals surface area contributed by atoms with E-state index < -0.39 is 90.9 Å². The molecule has 7 N–H and O–H groups in total. The molecule has 92 heavy (non-hydrogen) atoms. The fourth-order valence-electron chi connectivity index (χ4n) is 10.2. The molecule has 1 aliphatic heterocycles. The maximum atomic E-state index is 14.4. The lowest BCUT2D eigenvalue weighted by Crippen LogP contribution is -2.40. The van der Waals surface area contributed by atoms with Crippen LogP contribution in [0.1, 0.15) is 138 Å². The minimum absolute atomic E-state index is 0.00769. The fraction of sp³-hybridized carbons (Fsp3) is 0.383. The smallest absolute Gasteiger partial charge is 0.415 e. The summed E-state index contributed by atoms with van der Waals surface area (Å²) < 4.78 is 16.6. The van der Waals surface area contributed by atoms with E-state index in [1.54, 1.807) is 70.9 Å². The number of carboxylic acid groups (broad SMARTS) is 2. The summed E-state index contributed by atoms with van der Waals surface area (Å²) in [5.74, 6) is -5.87. The highest BCUT2D eigenvalue weighted by molar-refractivity contribution is 7.15. The summed E-state index contributed by atoms with van der Waals surface area (Å²) in [6.07, 6.45) is -1.64. The van der Waals surface area contributed by atoms with Gasteiger partial charge >= 0.3 is 18.0 Å². The highest BCUT2D eigenvalue weighted by atomic mass is 32.1. The van der Waals surface area contributed by atoms with Crippen LogP contribution in [0.5, 0.6) is 0 Å². The van der Waals surface area contributed by atoms with Gasteiger partial charge in [0, 0.05) is 58.5 Å². The third-order valence-electron chi connectivity index (χ3n) is 15.1. The van der Waals surface area contributed by atoms with Crippen molar-refractivity contribution in [3.63, 3.8) is 0 Å². The third kappa shape index (κ3) is 15.8. The summed E-state index contributed by atoms with van der Waals surface area (Å²) in [5.41, 5.74) is 2.43. The lowest BCUT2D eigenvalue weighted by Gasteiger charge is -2.28. The summed E-state index contributed by atoms with van der Waals surface area (Å²) in [7, 11) is 2.94. The van der Waals surface area contributed by atoms with Gasteiger partial charge < -0.3 is 50.8 Å². The van der Waals surface area contributed by atoms with Gasteiger partial charge in [0.1, 0.15) is 89.9 Å². The van der Waals surface area contributed by atoms with Crippen LogP contribution in [0.2, 0.25) is 0 Å². The van der Waals surface area contributed by atoms with Crippen LogP contribution in [0, 0.1) is 18.8 Å². The van der Waals surface area contributed by atoms with Gasteiger partial charge in [0.15, 0.2) is 5.78 Å². The molecule has 2 aliphatic rings. The Kier molecular flexibility index (Phi) is 21.8. The van der Waals surface area contributed by atoms with E-state index in [0.717, 1.165) is 45.3 Å². The topological polar surface area (TPSA) is 367 Å². The number of aryl methyl sites for hydroxylation is 1. The summed E-state index contributed by atoms with van der Waals surface area (Å²) in [5, 5.41) is 50.7. The molecule has 4 atom stereocenters. The molecule has 0 radical (unpaired) electrons. The van der Waals surface area contributed by atoms with Gasteiger partial charge in [0.2, 0.25) is 11.8 Å². The van der Waals surface area contributed by atoms with Crippen molar-refractivity contribution in [2.75, 3.05) is 45.4 Å². The largest absolute Gasteiger partial charge is 0.481 e. The molecular formula is C60H62N12O14S6. The number of hydrogen-bond donors (Lipinski definition) is 7. The number of benzene rings is 1. The zero-order chi connectivity index (χ0) is 65.3. The number of carboxylic acids is 2. The van der Waals surface area contributed by atoms with Gasteiger partial charge in [-0.2, -0.15) is 0 Å². The van der Waals surface area contributed by atoms with E-state index in [1.165, 1.54) is 41.7 Å².